The van der Waals surface area contributed by atoms with Gasteiger partial charge in [-0.15, -0.1) is 17.7 Å². The SMILES string of the molecule is CC(C)Cc1ccc2cnc3c(c2c1)C(C)(C)c1cccc2oc4cc[c-]c-3c4c12.CCC(C)(CC)C(=O)/C=C(\O)C(C)(CC)CC.[Ir]. The van der Waals surface area contributed by atoms with Crippen molar-refractivity contribution in [2.24, 2.45) is 16.7 Å². The van der Waals surface area contributed by atoms with Gasteiger partial charge in [-0.3, -0.25) is 4.79 Å². The molecule has 0 saturated heterocycles. The molecule has 1 radical (unpaired) electrons. The number of rotatable bonds is 9. The molecule has 0 bridgehead atoms. The van der Waals surface area contributed by atoms with Crippen LogP contribution in [-0.2, 0) is 36.7 Å². The van der Waals surface area contributed by atoms with E-state index in [-0.39, 0.29) is 47.9 Å². The summed E-state index contributed by atoms with van der Waals surface area (Å²) in [6.07, 6.45) is 7.85. The predicted molar refractivity (Wildman–Crippen MR) is 197 cm³/mol. The molecular weight excluding hydrogens is 771 g/mol. The number of nitrogens with zero attached hydrogens (tertiary/aromatic N) is 1. The Balaban J connectivity index is 0.000000251. The zero-order chi connectivity index (χ0) is 34.3. The van der Waals surface area contributed by atoms with E-state index in [1.807, 2.05) is 59.9 Å². The van der Waals surface area contributed by atoms with E-state index in [0.717, 1.165) is 59.9 Å². The first kappa shape index (κ1) is 37.5. The van der Waals surface area contributed by atoms with Crippen molar-refractivity contribution in [1.82, 2.24) is 4.98 Å². The monoisotopic (exact) mass is 823 g/mol. The third-order valence-electron chi connectivity index (χ3n) is 11.2. The number of fused-ring (bicyclic) bond motifs is 4. The topological polar surface area (TPSA) is 63.3 Å². The van der Waals surface area contributed by atoms with Crippen LogP contribution in [0.5, 0.6) is 0 Å². The van der Waals surface area contributed by atoms with E-state index in [4.69, 9.17) is 9.40 Å². The van der Waals surface area contributed by atoms with Crippen molar-refractivity contribution < 1.29 is 34.4 Å². The van der Waals surface area contributed by atoms with E-state index in [9.17, 15) is 9.90 Å². The van der Waals surface area contributed by atoms with Crippen molar-refractivity contribution in [2.45, 2.75) is 107 Å². The summed E-state index contributed by atoms with van der Waals surface area (Å²) in [4.78, 5) is 17.2. The van der Waals surface area contributed by atoms with Crippen LogP contribution in [0.4, 0.5) is 0 Å². The summed E-state index contributed by atoms with van der Waals surface area (Å²) < 4.78 is 6.22. The van der Waals surface area contributed by atoms with Gasteiger partial charge in [0.15, 0.2) is 5.78 Å². The summed E-state index contributed by atoms with van der Waals surface area (Å²) in [5.74, 6) is 0.910. The minimum absolute atomic E-state index is 0. The van der Waals surface area contributed by atoms with E-state index < -0.39 is 0 Å². The van der Waals surface area contributed by atoms with Gasteiger partial charge in [0, 0.05) is 48.6 Å². The van der Waals surface area contributed by atoms with Crippen LogP contribution in [0.3, 0.4) is 0 Å². The number of carbonyl (C=O) groups excluding carboxylic acids is 1. The second-order valence-corrected chi connectivity index (χ2v) is 14.9. The zero-order valence-corrected chi connectivity index (χ0v) is 32.8. The average molecular weight is 823 g/mol. The molecule has 257 valence electrons. The predicted octanol–water partition coefficient (Wildman–Crippen LogP) is 12.1. The maximum Gasteiger partial charge on any atom is 0.164 e. The standard InChI is InChI=1S/C28H24NO.C15H28O2.Ir/c1-16(2)13-17-11-12-18-15-29-27-19-7-5-9-22-24(19)25-21(8-6-10-23(25)30-22)28(3,4)26(27)20(18)14-17;1-7-14(5,8-2)12(16)11-13(17)15(6,9-3)10-4;/h5-6,8-12,14-16H,13H2,1-4H3;11,16H,7-10H2,1-6H3;/q-1;;/b;12-11-;. The maximum atomic E-state index is 12.2. The first-order valence-electron chi connectivity index (χ1n) is 17.5. The van der Waals surface area contributed by atoms with E-state index in [1.54, 1.807) is 0 Å². The summed E-state index contributed by atoms with van der Waals surface area (Å²) in [6.45, 7) is 21.3. The summed E-state index contributed by atoms with van der Waals surface area (Å²) in [6, 6.07) is 20.8. The molecule has 2 heterocycles. The Kier molecular flexibility index (Phi) is 11.2. The van der Waals surface area contributed by atoms with E-state index in [0.29, 0.717) is 5.92 Å². The van der Waals surface area contributed by atoms with Gasteiger partial charge >= 0.3 is 0 Å². The second-order valence-electron chi connectivity index (χ2n) is 14.9. The normalized spacial score (nSPS) is 14.1. The van der Waals surface area contributed by atoms with Crippen molar-refractivity contribution in [3.8, 4) is 11.3 Å². The summed E-state index contributed by atoms with van der Waals surface area (Å²) >= 11 is 0. The summed E-state index contributed by atoms with van der Waals surface area (Å²) in [5.41, 5.74) is 7.07. The number of allylic oxidation sites excluding steroid dienone is 2. The molecule has 6 rings (SSSR count). The fraction of sp³-hybridized carbons (Fsp3) is 0.442. The molecule has 0 fully saturated rings. The van der Waals surface area contributed by atoms with Crippen LogP contribution in [0, 0.1) is 22.8 Å². The van der Waals surface area contributed by atoms with Gasteiger partial charge in [0.2, 0.25) is 0 Å². The third-order valence-corrected chi connectivity index (χ3v) is 11.2. The Morgan fingerprint density at radius 2 is 1.60 bits per heavy atom. The number of pyridine rings is 1. The Labute approximate surface area is 300 Å². The second kappa shape index (κ2) is 14.3. The number of benzene rings is 3. The molecule has 0 atom stereocenters. The van der Waals surface area contributed by atoms with Crippen molar-refractivity contribution >= 4 is 38.5 Å². The number of hydrogen-bond donors (Lipinski definition) is 1. The number of aliphatic hydroxyl groups excluding tert-OH is 1. The van der Waals surface area contributed by atoms with Crippen LogP contribution >= 0.6 is 0 Å². The van der Waals surface area contributed by atoms with Crippen LogP contribution in [0.25, 0.3) is 44.0 Å². The smallest absolute Gasteiger partial charge is 0.164 e. The average Bonchev–Trinajstić information content (AvgIpc) is 3.42. The molecule has 0 saturated carbocycles. The zero-order valence-electron chi connectivity index (χ0n) is 30.4. The van der Waals surface area contributed by atoms with Crippen LogP contribution < -0.4 is 0 Å². The van der Waals surface area contributed by atoms with Crippen LogP contribution in [0.1, 0.15) is 112 Å². The van der Waals surface area contributed by atoms with Crippen molar-refractivity contribution in [2.75, 3.05) is 0 Å². The van der Waals surface area contributed by atoms with Gasteiger partial charge < -0.3 is 14.5 Å². The molecule has 3 aromatic carbocycles. The Morgan fingerprint density at radius 1 is 0.958 bits per heavy atom. The van der Waals surface area contributed by atoms with Gasteiger partial charge in [-0.1, -0.05) is 111 Å². The molecule has 5 aromatic rings. The molecule has 2 aromatic heterocycles. The van der Waals surface area contributed by atoms with Crippen molar-refractivity contribution in [3.63, 3.8) is 0 Å². The number of aliphatic hydroxyl groups is 1. The fourth-order valence-corrected chi connectivity index (χ4v) is 7.01. The Hall–Kier alpha value is -3.27. The molecule has 0 amide bonds. The minimum Gasteiger partial charge on any atom is -0.512 e. The number of furan rings is 1. The van der Waals surface area contributed by atoms with Gasteiger partial charge in [0.05, 0.1) is 5.58 Å². The van der Waals surface area contributed by atoms with Crippen LogP contribution in [-0.4, -0.2) is 15.9 Å². The van der Waals surface area contributed by atoms with E-state index in [2.05, 4.69) is 70.2 Å². The molecular formula is C43H52IrNO3-. The summed E-state index contributed by atoms with van der Waals surface area (Å²) in [5, 5.41) is 15.0. The first-order chi connectivity index (χ1) is 22.2. The van der Waals surface area contributed by atoms with Crippen LogP contribution in [0.15, 0.2) is 71.0 Å². The minimum atomic E-state index is -0.337. The fourth-order valence-electron chi connectivity index (χ4n) is 7.01. The molecule has 4 nitrogen and oxygen atoms in total. The Bertz CT molecular complexity index is 1970. The number of ketones is 1. The first-order valence-corrected chi connectivity index (χ1v) is 17.5. The Morgan fingerprint density at radius 3 is 2.23 bits per heavy atom. The molecule has 0 spiro atoms. The molecule has 1 aliphatic carbocycles. The molecule has 48 heavy (non-hydrogen) atoms. The molecule has 0 aliphatic heterocycles. The molecule has 1 aliphatic rings. The van der Waals surface area contributed by atoms with Gasteiger partial charge in [0.25, 0.3) is 0 Å². The van der Waals surface area contributed by atoms with Crippen molar-refractivity contribution in [3.05, 3.63) is 89.3 Å². The summed E-state index contributed by atoms with van der Waals surface area (Å²) in [7, 11) is 0. The number of aromatic nitrogens is 1. The molecule has 0 unspecified atom stereocenters. The van der Waals surface area contributed by atoms with Crippen LogP contribution in [0.2, 0.25) is 0 Å². The molecule has 1 N–H and O–H groups in total. The van der Waals surface area contributed by atoms with Gasteiger partial charge in [0.1, 0.15) is 11.3 Å². The van der Waals surface area contributed by atoms with Gasteiger partial charge in [-0.2, -0.15) is 0 Å². The maximum absolute atomic E-state index is 12.2. The quantitative estimate of drug-likeness (QED) is 0.0914. The van der Waals surface area contributed by atoms with E-state index in [1.165, 1.54) is 38.9 Å². The van der Waals surface area contributed by atoms with Gasteiger partial charge in [-0.25, -0.2) is 0 Å². The van der Waals surface area contributed by atoms with E-state index >= 15 is 0 Å². The number of hydrogen-bond acceptors (Lipinski definition) is 4. The van der Waals surface area contributed by atoms with Gasteiger partial charge in [-0.05, 0) is 82.6 Å². The largest absolute Gasteiger partial charge is 0.512 e. The number of carbonyl (C=O) groups is 1. The van der Waals surface area contributed by atoms with Crippen molar-refractivity contribution in [1.29, 1.82) is 0 Å². The third kappa shape index (κ3) is 6.53. The molecule has 5 heteroatoms.